The van der Waals surface area contributed by atoms with E-state index in [0.29, 0.717) is 12.0 Å². The Hall–Kier alpha value is -2.17. The number of esters is 2. The summed E-state index contributed by atoms with van der Waals surface area (Å²) in [5.41, 5.74) is 0.458. The first-order valence-electron chi connectivity index (χ1n) is 6.07. The molecule has 0 radical (unpaired) electrons. The van der Waals surface area contributed by atoms with Crippen LogP contribution in [0.25, 0.3) is 0 Å². The van der Waals surface area contributed by atoms with E-state index in [1.165, 1.54) is 0 Å². The Morgan fingerprint density at radius 3 is 2.37 bits per heavy atom. The fourth-order valence-electron chi connectivity index (χ4n) is 1.37. The molecule has 0 bridgehead atoms. The summed E-state index contributed by atoms with van der Waals surface area (Å²) in [7, 11) is 0. The maximum Gasteiger partial charge on any atom is 0.374 e. The summed E-state index contributed by atoms with van der Waals surface area (Å²) < 4.78 is 9.53. The van der Waals surface area contributed by atoms with E-state index < -0.39 is 17.7 Å². The molecule has 1 rings (SSSR count). The van der Waals surface area contributed by atoms with Crippen LogP contribution in [-0.2, 0) is 19.1 Å². The van der Waals surface area contributed by atoms with Gasteiger partial charge >= 0.3 is 11.9 Å². The molecule has 102 valence electrons. The molecule has 0 atom stereocenters. The van der Waals surface area contributed by atoms with Gasteiger partial charge in [-0.15, -0.1) is 0 Å². The van der Waals surface area contributed by atoms with Gasteiger partial charge in [0, 0.05) is 6.42 Å². The standard InChI is InChI=1S/C14H16O5/c1-2-18-14(17)12(15)9-6-10-19-13(16)11-7-4-3-5-8-11/h3-5,7-8H,2,6,9-10H2,1H3. The second-order valence-electron chi connectivity index (χ2n) is 3.75. The van der Waals surface area contributed by atoms with E-state index in [1.807, 2.05) is 0 Å². The lowest BCUT2D eigenvalue weighted by atomic mass is 10.2. The van der Waals surface area contributed by atoms with Crippen molar-refractivity contribution < 1.29 is 23.9 Å². The van der Waals surface area contributed by atoms with Crippen LogP contribution in [0.2, 0.25) is 0 Å². The second-order valence-corrected chi connectivity index (χ2v) is 3.75. The number of carbonyl (C=O) groups excluding carboxylic acids is 3. The van der Waals surface area contributed by atoms with Gasteiger partial charge < -0.3 is 9.47 Å². The van der Waals surface area contributed by atoms with Crippen molar-refractivity contribution in [1.82, 2.24) is 0 Å². The summed E-state index contributed by atoms with van der Waals surface area (Å²) in [5, 5.41) is 0. The molecule has 0 aliphatic rings. The van der Waals surface area contributed by atoms with E-state index in [0.717, 1.165) is 0 Å². The maximum absolute atomic E-state index is 11.5. The molecular formula is C14H16O5. The van der Waals surface area contributed by atoms with Crippen LogP contribution >= 0.6 is 0 Å². The van der Waals surface area contributed by atoms with Crippen molar-refractivity contribution in [1.29, 1.82) is 0 Å². The molecule has 0 amide bonds. The van der Waals surface area contributed by atoms with Crippen LogP contribution in [0.1, 0.15) is 30.1 Å². The summed E-state index contributed by atoms with van der Waals surface area (Å²) in [5.74, 6) is -1.88. The van der Waals surface area contributed by atoms with Gasteiger partial charge in [0.15, 0.2) is 0 Å². The lowest BCUT2D eigenvalue weighted by molar-refractivity contribution is -0.153. The van der Waals surface area contributed by atoms with Crippen molar-refractivity contribution in [3.05, 3.63) is 35.9 Å². The molecular weight excluding hydrogens is 248 g/mol. The van der Waals surface area contributed by atoms with Crippen molar-refractivity contribution in [2.75, 3.05) is 13.2 Å². The molecule has 19 heavy (non-hydrogen) atoms. The quantitative estimate of drug-likeness (QED) is 0.426. The highest BCUT2D eigenvalue weighted by Crippen LogP contribution is 2.02. The molecule has 0 unspecified atom stereocenters. The fourth-order valence-corrected chi connectivity index (χ4v) is 1.37. The number of ketones is 1. The number of carbonyl (C=O) groups is 3. The zero-order valence-electron chi connectivity index (χ0n) is 10.8. The average Bonchev–Trinajstić information content (AvgIpc) is 2.44. The fraction of sp³-hybridized carbons (Fsp3) is 0.357. The Bertz CT molecular complexity index is 438. The minimum absolute atomic E-state index is 0.0148. The molecule has 0 aliphatic heterocycles. The van der Waals surface area contributed by atoms with Gasteiger partial charge in [0.2, 0.25) is 5.78 Å². The molecule has 0 aromatic heterocycles. The molecule has 5 nitrogen and oxygen atoms in total. The van der Waals surface area contributed by atoms with Gasteiger partial charge in [-0.25, -0.2) is 9.59 Å². The lowest BCUT2D eigenvalue weighted by Gasteiger charge is -2.04. The normalized spacial score (nSPS) is 9.74. The minimum atomic E-state index is -0.836. The molecule has 5 heteroatoms. The zero-order valence-corrected chi connectivity index (χ0v) is 10.8. The summed E-state index contributed by atoms with van der Waals surface area (Å²) >= 11 is 0. The molecule has 0 spiro atoms. The number of hydrogen-bond donors (Lipinski definition) is 0. The van der Waals surface area contributed by atoms with Gasteiger partial charge in [0.05, 0.1) is 18.8 Å². The smallest absolute Gasteiger partial charge is 0.374 e. The van der Waals surface area contributed by atoms with Crippen molar-refractivity contribution in [2.24, 2.45) is 0 Å². The topological polar surface area (TPSA) is 69.7 Å². The monoisotopic (exact) mass is 264 g/mol. The van der Waals surface area contributed by atoms with Crippen LogP contribution in [0.5, 0.6) is 0 Å². The van der Waals surface area contributed by atoms with Crippen LogP contribution in [0, 0.1) is 0 Å². The minimum Gasteiger partial charge on any atom is -0.462 e. The van der Waals surface area contributed by atoms with E-state index in [9.17, 15) is 14.4 Å². The Morgan fingerprint density at radius 2 is 1.74 bits per heavy atom. The molecule has 0 fully saturated rings. The van der Waals surface area contributed by atoms with Gasteiger partial charge in [-0.3, -0.25) is 4.79 Å². The highest BCUT2D eigenvalue weighted by molar-refractivity contribution is 6.33. The third kappa shape index (κ3) is 5.33. The largest absolute Gasteiger partial charge is 0.462 e. The van der Waals surface area contributed by atoms with Gasteiger partial charge in [-0.2, -0.15) is 0 Å². The number of rotatable bonds is 7. The van der Waals surface area contributed by atoms with Crippen molar-refractivity contribution in [2.45, 2.75) is 19.8 Å². The van der Waals surface area contributed by atoms with E-state index in [2.05, 4.69) is 4.74 Å². The third-order valence-corrected chi connectivity index (χ3v) is 2.29. The Balaban J connectivity index is 2.23. The first kappa shape index (κ1) is 14.9. The van der Waals surface area contributed by atoms with Crippen molar-refractivity contribution in [3.8, 4) is 0 Å². The summed E-state index contributed by atoms with van der Waals surface area (Å²) in [6.45, 7) is 1.90. The molecule has 0 saturated heterocycles. The van der Waals surface area contributed by atoms with Crippen LogP contribution < -0.4 is 0 Å². The zero-order chi connectivity index (χ0) is 14.1. The molecule has 1 aromatic rings. The highest BCUT2D eigenvalue weighted by Gasteiger charge is 2.14. The SMILES string of the molecule is CCOC(=O)C(=O)CCCOC(=O)c1ccccc1. The van der Waals surface area contributed by atoms with Gasteiger partial charge in [-0.1, -0.05) is 18.2 Å². The highest BCUT2D eigenvalue weighted by atomic mass is 16.5. The van der Waals surface area contributed by atoms with Crippen molar-refractivity contribution in [3.63, 3.8) is 0 Å². The summed E-state index contributed by atoms with van der Waals surface area (Å²) in [4.78, 5) is 33.8. The van der Waals surface area contributed by atoms with Gasteiger partial charge in [0.1, 0.15) is 0 Å². The predicted molar refractivity (Wildman–Crippen MR) is 67.6 cm³/mol. The van der Waals surface area contributed by atoms with Gasteiger partial charge in [-0.05, 0) is 25.5 Å². The molecule has 0 aliphatic carbocycles. The third-order valence-electron chi connectivity index (χ3n) is 2.29. The van der Waals surface area contributed by atoms with Crippen LogP contribution in [0.15, 0.2) is 30.3 Å². The van der Waals surface area contributed by atoms with E-state index in [1.54, 1.807) is 37.3 Å². The van der Waals surface area contributed by atoms with Crippen LogP contribution in [-0.4, -0.2) is 30.9 Å². The van der Waals surface area contributed by atoms with Gasteiger partial charge in [0.25, 0.3) is 0 Å². The Morgan fingerprint density at radius 1 is 1.05 bits per heavy atom. The maximum atomic E-state index is 11.5. The number of hydrogen-bond acceptors (Lipinski definition) is 5. The summed E-state index contributed by atoms with van der Waals surface area (Å²) in [6, 6.07) is 8.56. The molecule has 0 N–H and O–H groups in total. The Labute approximate surface area is 111 Å². The van der Waals surface area contributed by atoms with Crippen LogP contribution in [0.3, 0.4) is 0 Å². The Kier molecular flexibility index (Phi) is 6.29. The van der Waals surface area contributed by atoms with Crippen LogP contribution in [0.4, 0.5) is 0 Å². The lowest BCUT2D eigenvalue weighted by Crippen LogP contribution is -2.18. The number of benzene rings is 1. The molecule has 0 heterocycles. The average molecular weight is 264 g/mol. The first-order valence-corrected chi connectivity index (χ1v) is 6.07. The van der Waals surface area contributed by atoms with Crippen molar-refractivity contribution >= 4 is 17.7 Å². The van der Waals surface area contributed by atoms with E-state index >= 15 is 0 Å². The molecule has 1 aromatic carbocycles. The first-order chi connectivity index (χ1) is 9.15. The summed E-state index contributed by atoms with van der Waals surface area (Å²) in [6.07, 6.45) is 0.317. The van der Waals surface area contributed by atoms with E-state index in [4.69, 9.17) is 4.74 Å². The van der Waals surface area contributed by atoms with E-state index in [-0.39, 0.29) is 19.6 Å². The molecule has 0 saturated carbocycles. The number of ether oxygens (including phenoxy) is 2. The second kappa shape index (κ2) is 8.02. The number of Topliss-reactive ketones (excluding diaryl/α,β-unsaturated/α-hetero) is 1. The predicted octanol–water partition coefficient (Wildman–Crippen LogP) is 1.76.